The second-order valence-corrected chi connectivity index (χ2v) is 3.08. The van der Waals surface area contributed by atoms with Gasteiger partial charge in [0.25, 0.3) is 0 Å². The Morgan fingerprint density at radius 1 is 1.42 bits per heavy atom. The van der Waals surface area contributed by atoms with Gasteiger partial charge in [-0.2, -0.15) is 0 Å². The zero-order valence-corrected chi connectivity index (χ0v) is 10.6. The zero-order chi connectivity index (χ0) is 8.91. The summed E-state index contributed by atoms with van der Waals surface area (Å²) in [6, 6.07) is 0. The maximum atomic E-state index is 9.78. The fourth-order valence-electron chi connectivity index (χ4n) is 1.08. The van der Waals surface area contributed by atoms with E-state index in [9.17, 15) is 5.11 Å². The number of nitrogens with zero attached hydrogens (tertiary/aromatic N) is 1. The summed E-state index contributed by atoms with van der Waals surface area (Å²) in [6.45, 7) is 8.51. The van der Waals surface area contributed by atoms with Gasteiger partial charge in [0.15, 0.2) is 0 Å². The maximum absolute atomic E-state index is 9.78. The average Bonchev–Trinajstić information content (AvgIpc) is 1.88. The molecule has 1 N–H and O–H groups in total. The molecule has 0 radical (unpaired) electrons. The molecule has 0 aliphatic heterocycles. The van der Waals surface area contributed by atoms with E-state index in [1.807, 2.05) is 20.8 Å². The van der Waals surface area contributed by atoms with Gasteiger partial charge in [-0.25, -0.2) is 0 Å². The van der Waals surface area contributed by atoms with Crippen LogP contribution in [0.15, 0.2) is 4.99 Å². The molecule has 0 amide bonds. The first-order valence-corrected chi connectivity index (χ1v) is 4.28. The molecule has 0 rings (SSSR count). The third-order valence-electron chi connectivity index (χ3n) is 1.91. The van der Waals surface area contributed by atoms with Crippen molar-refractivity contribution >= 4 is 5.71 Å². The molecule has 0 saturated heterocycles. The molecule has 1 unspecified atom stereocenters. The van der Waals surface area contributed by atoms with Crippen molar-refractivity contribution in [3.63, 3.8) is 0 Å². The molecule has 0 heterocycles. The molecule has 74 valence electrons. The van der Waals surface area contributed by atoms with Gasteiger partial charge in [-0.3, -0.25) is 4.99 Å². The molecule has 0 aliphatic carbocycles. The Labute approximate surface area is 108 Å². The first kappa shape index (κ1) is 15.4. The number of hydrogen-bond donors (Lipinski definition) is 1. The van der Waals surface area contributed by atoms with E-state index in [-0.39, 0.29) is 39.9 Å². The smallest absolute Gasteiger partial charge is 0.0991 e. The van der Waals surface area contributed by atoms with Gasteiger partial charge < -0.3 is 5.11 Å². The van der Waals surface area contributed by atoms with Gasteiger partial charge in [0, 0.05) is 52.2 Å². The summed E-state index contributed by atoms with van der Waals surface area (Å²) >= 11 is 0. The molecular weight excluding hydrogens is 295 g/mol. The molecule has 0 aromatic rings. The van der Waals surface area contributed by atoms with E-state index in [1.165, 1.54) is 0 Å². The molecule has 3 heteroatoms. The Morgan fingerprint density at radius 3 is 2.25 bits per heavy atom. The van der Waals surface area contributed by atoms with Gasteiger partial charge in [-0.05, 0) is 27.2 Å². The van der Waals surface area contributed by atoms with E-state index >= 15 is 0 Å². The third kappa shape index (κ3) is 5.57. The van der Waals surface area contributed by atoms with Gasteiger partial charge >= 0.3 is 0 Å². The van der Waals surface area contributed by atoms with Gasteiger partial charge in [-0.15, -0.1) is 0 Å². The molecule has 0 aliphatic rings. The Bertz CT molecular complexity index is 143. The van der Waals surface area contributed by atoms with Gasteiger partial charge in [0.05, 0.1) is 5.60 Å². The first-order valence-electron chi connectivity index (χ1n) is 4.28. The fourth-order valence-corrected chi connectivity index (χ4v) is 1.08. The summed E-state index contributed by atoms with van der Waals surface area (Å²) in [4.78, 5) is 4.18. The minimum atomic E-state index is -0.690. The summed E-state index contributed by atoms with van der Waals surface area (Å²) in [5.74, 6) is 0. The van der Waals surface area contributed by atoms with Crippen LogP contribution in [0.1, 0.15) is 40.5 Å². The second-order valence-electron chi connectivity index (χ2n) is 3.08. The molecule has 1 atom stereocenters. The van der Waals surface area contributed by atoms with Gasteiger partial charge in [0.1, 0.15) is 0 Å². The molecule has 0 bridgehead atoms. The largest absolute Gasteiger partial charge is 0.384 e. The van der Waals surface area contributed by atoms with Crippen molar-refractivity contribution < 1.29 is 45.0 Å². The van der Waals surface area contributed by atoms with E-state index in [2.05, 4.69) is 11.9 Å². The van der Waals surface area contributed by atoms with Crippen LogP contribution in [0.3, 0.4) is 0 Å². The second kappa shape index (κ2) is 7.37. The van der Waals surface area contributed by atoms with E-state index in [4.69, 9.17) is 0 Å². The van der Waals surface area contributed by atoms with Crippen molar-refractivity contribution in [3.8, 4) is 0 Å². The summed E-state index contributed by atoms with van der Waals surface area (Å²) in [5.41, 5.74) is 0.159. The summed E-state index contributed by atoms with van der Waals surface area (Å²) in [7, 11) is 0. The molecular formula is C9H19GdNO. The van der Waals surface area contributed by atoms with E-state index in [1.54, 1.807) is 0 Å². The molecule has 0 saturated carbocycles. The third-order valence-corrected chi connectivity index (χ3v) is 1.91. The van der Waals surface area contributed by atoms with Crippen molar-refractivity contribution in [1.29, 1.82) is 0 Å². The van der Waals surface area contributed by atoms with E-state index < -0.39 is 5.60 Å². The Balaban J connectivity index is 0. The Morgan fingerprint density at radius 2 is 1.92 bits per heavy atom. The number of aliphatic hydroxyl groups is 1. The van der Waals surface area contributed by atoms with Crippen LogP contribution < -0.4 is 0 Å². The monoisotopic (exact) mass is 315 g/mol. The van der Waals surface area contributed by atoms with Crippen molar-refractivity contribution in [2.45, 2.75) is 46.1 Å². The van der Waals surface area contributed by atoms with Gasteiger partial charge in [-0.1, -0.05) is 13.3 Å². The summed E-state index contributed by atoms with van der Waals surface area (Å²) in [6.07, 6.45) is 1.78. The quantitative estimate of drug-likeness (QED) is 0.791. The minimum absolute atomic E-state index is 0. The Kier molecular flexibility index (Phi) is 9.47. The van der Waals surface area contributed by atoms with Crippen LogP contribution in [0.2, 0.25) is 0 Å². The van der Waals surface area contributed by atoms with Crippen LogP contribution in [0.4, 0.5) is 0 Å². The van der Waals surface area contributed by atoms with Crippen LogP contribution in [-0.2, 0) is 0 Å². The molecule has 0 aromatic carbocycles. The van der Waals surface area contributed by atoms with Crippen LogP contribution in [-0.4, -0.2) is 23.0 Å². The van der Waals surface area contributed by atoms with Crippen molar-refractivity contribution in [2.75, 3.05) is 6.54 Å². The van der Waals surface area contributed by atoms with Gasteiger partial charge in [0.2, 0.25) is 0 Å². The summed E-state index contributed by atoms with van der Waals surface area (Å²) in [5, 5.41) is 9.78. The van der Waals surface area contributed by atoms with Crippen LogP contribution in [0, 0.1) is 39.9 Å². The number of aliphatic imine (C=N–C) groups is 1. The van der Waals surface area contributed by atoms with E-state index in [0.717, 1.165) is 25.1 Å². The van der Waals surface area contributed by atoms with Crippen LogP contribution in [0.25, 0.3) is 0 Å². The van der Waals surface area contributed by atoms with Crippen molar-refractivity contribution in [3.05, 3.63) is 0 Å². The minimum Gasteiger partial charge on any atom is -0.384 e. The zero-order valence-electron chi connectivity index (χ0n) is 8.37. The Hall–Kier alpha value is 0.955. The predicted octanol–water partition coefficient (Wildman–Crippen LogP) is 2.02. The molecule has 0 fully saturated rings. The molecule has 0 spiro atoms. The molecule has 0 aromatic heterocycles. The normalized spacial score (nSPS) is 16.6. The van der Waals surface area contributed by atoms with Crippen LogP contribution in [0.5, 0.6) is 0 Å². The molecule has 12 heavy (non-hydrogen) atoms. The van der Waals surface area contributed by atoms with Crippen molar-refractivity contribution in [2.24, 2.45) is 4.99 Å². The maximum Gasteiger partial charge on any atom is 0.0991 e. The SMILES string of the molecule is CCCC(C)(O)C(C)=NCC.[Gd]. The number of rotatable bonds is 4. The topological polar surface area (TPSA) is 32.6 Å². The molecule has 2 nitrogen and oxygen atoms in total. The summed E-state index contributed by atoms with van der Waals surface area (Å²) < 4.78 is 0. The fraction of sp³-hybridized carbons (Fsp3) is 0.889. The number of hydrogen-bond acceptors (Lipinski definition) is 2. The van der Waals surface area contributed by atoms with E-state index in [0.29, 0.717) is 0 Å². The first-order chi connectivity index (χ1) is 5.04. The van der Waals surface area contributed by atoms with Crippen molar-refractivity contribution in [1.82, 2.24) is 0 Å². The standard InChI is InChI=1S/C9H19NO.Gd/c1-5-7-9(4,11)8(3)10-6-2;/h11H,5-7H2,1-4H3;. The van der Waals surface area contributed by atoms with Crippen LogP contribution >= 0.6 is 0 Å². The average molecular weight is 315 g/mol. The predicted molar refractivity (Wildman–Crippen MR) is 49.2 cm³/mol.